The fraction of sp³-hybridized carbons (Fsp3) is 0.500. The summed E-state index contributed by atoms with van der Waals surface area (Å²) < 4.78 is 18.5. The number of nitrogens with zero attached hydrogens (tertiary/aromatic N) is 1. The molecule has 3 heteroatoms. The zero-order valence-electron chi connectivity index (χ0n) is 8.22. The fourth-order valence-corrected chi connectivity index (χ4v) is 1.19. The second kappa shape index (κ2) is 4.21. The molecule has 13 heavy (non-hydrogen) atoms. The van der Waals surface area contributed by atoms with Crippen LogP contribution in [0.1, 0.15) is 25.0 Å². The summed E-state index contributed by atoms with van der Waals surface area (Å²) in [6.45, 7) is 5.97. The molecule has 72 valence electrons. The van der Waals surface area contributed by atoms with E-state index >= 15 is 0 Å². The third-order valence-electron chi connectivity index (χ3n) is 2.00. The van der Waals surface area contributed by atoms with Crippen molar-refractivity contribution in [3.05, 3.63) is 23.1 Å². The van der Waals surface area contributed by atoms with Crippen LogP contribution in [0.25, 0.3) is 0 Å². The van der Waals surface area contributed by atoms with Crippen LogP contribution in [0.4, 0.5) is 4.39 Å². The van der Waals surface area contributed by atoms with Crippen LogP contribution in [0.15, 0.2) is 6.20 Å². The largest absolute Gasteiger partial charge is 0.476 e. The maximum absolute atomic E-state index is 13.4. The predicted octanol–water partition coefficient (Wildman–Crippen LogP) is 2.49. The molecule has 0 amide bonds. The van der Waals surface area contributed by atoms with Crippen molar-refractivity contribution in [1.82, 2.24) is 4.98 Å². The fourth-order valence-electron chi connectivity index (χ4n) is 1.19. The van der Waals surface area contributed by atoms with E-state index in [9.17, 15) is 4.39 Å². The van der Waals surface area contributed by atoms with Crippen molar-refractivity contribution in [2.45, 2.75) is 27.2 Å². The second-order valence-corrected chi connectivity index (χ2v) is 2.81. The molecule has 0 N–H and O–H groups in total. The molecule has 1 aromatic rings. The number of aryl methyl sites for hydroxylation is 1. The molecular formula is C10H14FNO. The third-order valence-corrected chi connectivity index (χ3v) is 2.00. The smallest absolute Gasteiger partial charge is 0.250 e. The van der Waals surface area contributed by atoms with Crippen LogP contribution >= 0.6 is 0 Å². The van der Waals surface area contributed by atoms with Gasteiger partial charge in [0, 0.05) is 6.20 Å². The second-order valence-electron chi connectivity index (χ2n) is 2.81. The van der Waals surface area contributed by atoms with Crippen molar-refractivity contribution in [1.29, 1.82) is 0 Å². The number of halogens is 1. The number of aromatic nitrogens is 1. The lowest BCUT2D eigenvalue weighted by Gasteiger charge is -2.08. The molecule has 0 unspecified atom stereocenters. The van der Waals surface area contributed by atoms with Crippen LogP contribution in [0.5, 0.6) is 5.88 Å². The minimum absolute atomic E-state index is 0.109. The van der Waals surface area contributed by atoms with Gasteiger partial charge in [-0.2, -0.15) is 0 Å². The van der Waals surface area contributed by atoms with Crippen molar-refractivity contribution in [3.8, 4) is 5.88 Å². The molecule has 0 radical (unpaired) electrons. The molecular weight excluding hydrogens is 169 g/mol. The van der Waals surface area contributed by atoms with Gasteiger partial charge in [0.1, 0.15) is 0 Å². The van der Waals surface area contributed by atoms with Crippen LogP contribution in [0.3, 0.4) is 0 Å². The molecule has 2 nitrogen and oxygen atoms in total. The summed E-state index contributed by atoms with van der Waals surface area (Å²) in [6.07, 6.45) is 2.46. The Kier molecular flexibility index (Phi) is 3.23. The van der Waals surface area contributed by atoms with Gasteiger partial charge in [-0.05, 0) is 31.4 Å². The van der Waals surface area contributed by atoms with Gasteiger partial charge in [0.25, 0.3) is 5.88 Å². The molecule has 0 aliphatic carbocycles. The Balaban J connectivity index is 3.07. The van der Waals surface area contributed by atoms with E-state index in [1.165, 1.54) is 0 Å². The highest BCUT2D eigenvalue weighted by atomic mass is 19.1. The zero-order valence-corrected chi connectivity index (χ0v) is 8.22. The molecule has 0 spiro atoms. The Bertz CT molecular complexity index is 299. The first-order valence-electron chi connectivity index (χ1n) is 4.47. The Morgan fingerprint density at radius 1 is 1.46 bits per heavy atom. The van der Waals surface area contributed by atoms with Crippen LogP contribution in [0, 0.1) is 12.7 Å². The van der Waals surface area contributed by atoms with Gasteiger partial charge in [-0.25, -0.2) is 9.37 Å². The van der Waals surface area contributed by atoms with Crippen molar-refractivity contribution < 1.29 is 9.13 Å². The van der Waals surface area contributed by atoms with Crippen LogP contribution in [0.2, 0.25) is 0 Å². The van der Waals surface area contributed by atoms with E-state index in [0.717, 1.165) is 12.0 Å². The molecule has 0 aromatic carbocycles. The van der Waals surface area contributed by atoms with Crippen LogP contribution in [-0.4, -0.2) is 11.6 Å². The van der Waals surface area contributed by atoms with E-state index in [1.54, 1.807) is 13.1 Å². The maximum atomic E-state index is 13.4. The first-order chi connectivity index (χ1) is 6.20. The van der Waals surface area contributed by atoms with E-state index in [-0.39, 0.29) is 11.7 Å². The quantitative estimate of drug-likeness (QED) is 0.718. The minimum atomic E-state index is -0.332. The molecule has 0 aliphatic rings. The van der Waals surface area contributed by atoms with E-state index in [2.05, 4.69) is 4.98 Å². The summed E-state index contributed by atoms with van der Waals surface area (Å²) in [4.78, 5) is 3.90. The highest BCUT2D eigenvalue weighted by molar-refractivity contribution is 5.30. The number of hydrogen-bond acceptors (Lipinski definition) is 2. The van der Waals surface area contributed by atoms with Gasteiger partial charge in [0.05, 0.1) is 6.61 Å². The maximum Gasteiger partial charge on any atom is 0.250 e. The van der Waals surface area contributed by atoms with Gasteiger partial charge in [-0.1, -0.05) is 6.92 Å². The van der Waals surface area contributed by atoms with E-state index < -0.39 is 0 Å². The summed E-state index contributed by atoms with van der Waals surface area (Å²) >= 11 is 0. The molecule has 0 saturated carbocycles. The first kappa shape index (κ1) is 9.96. The molecule has 1 rings (SSSR count). The van der Waals surface area contributed by atoms with Crippen molar-refractivity contribution in [2.75, 3.05) is 6.61 Å². The number of ether oxygens (including phenoxy) is 1. The van der Waals surface area contributed by atoms with Gasteiger partial charge in [0.15, 0.2) is 5.82 Å². The zero-order chi connectivity index (χ0) is 9.84. The monoisotopic (exact) mass is 183 g/mol. The van der Waals surface area contributed by atoms with Crippen LogP contribution < -0.4 is 4.74 Å². The lowest BCUT2D eigenvalue weighted by molar-refractivity contribution is 0.306. The number of hydrogen-bond donors (Lipinski definition) is 0. The molecule has 1 aromatic heterocycles. The summed E-state index contributed by atoms with van der Waals surface area (Å²) in [5.74, 6) is -0.224. The molecule has 0 saturated heterocycles. The molecule has 0 bridgehead atoms. The van der Waals surface area contributed by atoms with Crippen LogP contribution in [-0.2, 0) is 6.42 Å². The Morgan fingerprint density at radius 3 is 2.69 bits per heavy atom. The van der Waals surface area contributed by atoms with Crippen molar-refractivity contribution in [2.24, 2.45) is 0 Å². The predicted molar refractivity (Wildman–Crippen MR) is 49.5 cm³/mol. The Morgan fingerprint density at radius 2 is 2.15 bits per heavy atom. The summed E-state index contributed by atoms with van der Waals surface area (Å²) in [5, 5.41) is 0. The first-order valence-corrected chi connectivity index (χ1v) is 4.47. The molecule has 1 heterocycles. The van der Waals surface area contributed by atoms with Gasteiger partial charge in [-0.15, -0.1) is 0 Å². The average Bonchev–Trinajstić information content (AvgIpc) is 2.14. The topological polar surface area (TPSA) is 22.1 Å². The van der Waals surface area contributed by atoms with Gasteiger partial charge in [0.2, 0.25) is 0 Å². The van der Waals surface area contributed by atoms with E-state index in [0.29, 0.717) is 12.2 Å². The average molecular weight is 183 g/mol. The SMILES string of the molecule is CCOc1ncc(CC)c(C)c1F. The lowest BCUT2D eigenvalue weighted by atomic mass is 10.1. The van der Waals surface area contributed by atoms with Crippen molar-refractivity contribution in [3.63, 3.8) is 0 Å². The Hall–Kier alpha value is -1.12. The molecule has 0 fully saturated rings. The standard InChI is InChI=1S/C10H14FNO/c1-4-8-6-12-10(13-5-2)9(11)7(8)3/h6H,4-5H2,1-3H3. The highest BCUT2D eigenvalue weighted by Gasteiger charge is 2.10. The summed E-state index contributed by atoms with van der Waals surface area (Å²) in [5.41, 5.74) is 1.57. The Labute approximate surface area is 77.8 Å². The molecule has 0 aliphatic heterocycles. The minimum Gasteiger partial charge on any atom is -0.476 e. The summed E-state index contributed by atoms with van der Waals surface area (Å²) in [6, 6.07) is 0. The number of pyridine rings is 1. The van der Waals surface area contributed by atoms with Gasteiger partial charge < -0.3 is 4.74 Å². The van der Waals surface area contributed by atoms with Gasteiger partial charge >= 0.3 is 0 Å². The summed E-state index contributed by atoms with van der Waals surface area (Å²) in [7, 11) is 0. The van der Waals surface area contributed by atoms with E-state index in [4.69, 9.17) is 4.74 Å². The third kappa shape index (κ3) is 1.97. The lowest BCUT2D eigenvalue weighted by Crippen LogP contribution is -2.01. The molecule has 0 atom stereocenters. The number of rotatable bonds is 3. The normalized spacial score (nSPS) is 10.2. The van der Waals surface area contributed by atoms with E-state index in [1.807, 2.05) is 13.8 Å². The van der Waals surface area contributed by atoms with Crippen molar-refractivity contribution >= 4 is 0 Å². The highest BCUT2D eigenvalue weighted by Crippen LogP contribution is 2.20. The van der Waals surface area contributed by atoms with Gasteiger partial charge in [-0.3, -0.25) is 0 Å².